The van der Waals surface area contributed by atoms with Crippen LogP contribution in [-0.4, -0.2) is 51.8 Å². The van der Waals surface area contributed by atoms with Crippen LogP contribution in [0.25, 0.3) is 0 Å². The molecule has 0 aromatic heterocycles. The van der Waals surface area contributed by atoms with Gasteiger partial charge in [-0.25, -0.2) is 0 Å². The van der Waals surface area contributed by atoms with Crippen molar-refractivity contribution in [2.24, 2.45) is 0 Å². The second kappa shape index (κ2) is 6.48. The Kier molecular flexibility index (Phi) is 5.57. The average molecular weight is 257 g/mol. The van der Waals surface area contributed by atoms with Crippen LogP contribution < -0.4 is 5.32 Å². The third kappa shape index (κ3) is 5.15. The van der Waals surface area contributed by atoms with Crippen LogP contribution in [0.4, 0.5) is 0 Å². The maximum Gasteiger partial charge on any atom is 0.105 e. The van der Waals surface area contributed by atoms with E-state index in [1.807, 2.05) is 6.92 Å². The second-order valence-electron chi connectivity index (χ2n) is 5.18. The molecule has 1 aliphatic heterocycles. The SMILES string of the molecule is CC(C)NC(C)(C#N)CCN1CCS(=O)CC1. The van der Waals surface area contributed by atoms with Gasteiger partial charge in [-0.05, 0) is 27.2 Å². The summed E-state index contributed by atoms with van der Waals surface area (Å²) < 4.78 is 11.2. The van der Waals surface area contributed by atoms with Crippen molar-refractivity contribution < 1.29 is 4.21 Å². The van der Waals surface area contributed by atoms with Gasteiger partial charge in [-0.15, -0.1) is 0 Å². The average Bonchev–Trinajstić information content (AvgIpc) is 2.27. The molecule has 1 saturated heterocycles. The first-order valence-corrected chi connectivity index (χ1v) is 7.70. The third-order valence-electron chi connectivity index (χ3n) is 3.05. The van der Waals surface area contributed by atoms with Crippen molar-refractivity contribution in [2.45, 2.75) is 38.8 Å². The number of nitrogens with zero attached hydrogens (tertiary/aromatic N) is 2. The molecule has 4 nitrogen and oxygen atoms in total. The monoisotopic (exact) mass is 257 g/mol. The molecule has 0 aromatic carbocycles. The van der Waals surface area contributed by atoms with Crippen molar-refractivity contribution in [1.82, 2.24) is 10.2 Å². The molecule has 5 heteroatoms. The first kappa shape index (κ1) is 14.6. The molecule has 1 aliphatic rings. The molecule has 1 atom stereocenters. The summed E-state index contributed by atoms with van der Waals surface area (Å²) >= 11 is 0. The largest absolute Gasteiger partial charge is 0.301 e. The van der Waals surface area contributed by atoms with Crippen LogP contribution in [0.15, 0.2) is 0 Å². The lowest BCUT2D eigenvalue weighted by Gasteiger charge is -2.31. The zero-order valence-electron chi connectivity index (χ0n) is 11.0. The molecule has 0 saturated carbocycles. The van der Waals surface area contributed by atoms with Crippen molar-refractivity contribution >= 4 is 10.8 Å². The van der Waals surface area contributed by atoms with Gasteiger partial charge in [-0.1, -0.05) is 0 Å². The van der Waals surface area contributed by atoms with E-state index in [2.05, 4.69) is 30.1 Å². The number of nitrogens with one attached hydrogen (secondary N) is 1. The Bertz CT molecular complexity index is 303. The van der Waals surface area contributed by atoms with E-state index in [0.29, 0.717) is 6.04 Å². The fourth-order valence-electron chi connectivity index (χ4n) is 2.08. The molecule has 0 spiro atoms. The van der Waals surface area contributed by atoms with E-state index >= 15 is 0 Å². The van der Waals surface area contributed by atoms with Crippen LogP contribution in [0.3, 0.4) is 0 Å². The normalized spacial score (nSPS) is 22.3. The minimum atomic E-state index is -0.619. The number of nitriles is 1. The van der Waals surface area contributed by atoms with E-state index in [0.717, 1.165) is 37.6 Å². The molecule has 17 heavy (non-hydrogen) atoms. The fourth-order valence-corrected chi connectivity index (χ4v) is 3.21. The summed E-state index contributed by atoms with van der Waals surface area (Å²) in [5.41, 5.74) is -0.454. The first-order chi connectivity index (χ1) is 7.95. The van der Waals surface area contributed by atoms with Crippen molar-refractivity contribution in [3.63, 3.8) is 0 Å². The predicted octanol–water partition coefficient (Wildman–Crippen LogP) is 0.721. The van der Waals surface area contributed by atoms with Gasteiger partial charge in [-0.3, -0.25) is 9.53 Å². The van der Waals surface area contributed by atoms with E-state index in [-0.39, 0.29) is 0 Å². The van der Waals surface area contributed by atoms with E-state index in [1.54, 1.807) is 0 Å². The van der Waals surface area contributed by atoms with Gasteiger partial charge >= 0.3 is 0 Å². The fraction of sp³-hybridized carbons (Fsp3) is 0.917. The molecule has 0 aliphatic carbocycles. The number of hydrogen-bond donors (Lipinski definition) is 1. The maximum absolute atomic E-state index is 11.2. The minimum absolute atomic E-state index is 0.313. The highest BCUT2D eigenvalue weighted by Gasteiger charge is 2.26. The molecule has 1 N–H and O–H groups in total. The van der Waals surface area contributed by atoms with E-state index < -0.39 is 16.3 Å². The summed E-state index contributed by atoms with van der Waals surface area (Å²) in [4.78, 5) is 2.30. The zero-order chi connectivity index (χ0) is 12.9. The molecular weight excluding hydrogens is 234 g/mol. The van der Waals surface area contributed by atoms with Gasteiger partial charge in [-0.2, -0.15) is 5.26 Å². The number of hydrogen-bond acceptors (Lipinski definition) is 4. The van der Waals surface area contributed by atoms with Crippen molar-refractivity contribution in [3.8, 4) is 6.07 Å². The molecule has 0 aromatic rings. The van der Waals surface area contributed by atoms with E-state index in [9.17, 15) is 9.47 Å². The standard InChI is InChI=1S/C12H23N3OS/c1-11(2)14-12(3,10-13)4-5-15-6-8-17(16)9-7-15/h11,14H,4-9H2,1-3H3. The molecule has 1 rings (SSSR count). The Morgan fingerprint density at radius 2 is 2.06 bits per heavy atom. The predicted molar refractivity (Wildman–Crippen MR) is 71.2 cm³/mol. The topological polar surface area (TPSA) is 56.1 Å². The Hall–Kier alpha value is -0.440. The van der Waals surface area contributed by atoms with Crippen LogP contribution in [0, 0.1) is 11.3 Å². The summed E-state index contributed by atoms with van der Waals surface area (Å²) in [6, 6.07) is 2.67. The summed E-state index contributed by atoms with van der Waals surface area (Å²) in [6.45, 7) is 8.76. The van der Waals surface area contributed by atoms with Gasteiger partial charge in [0, 0.05) is 48.0 Å². The maximum atomic E-state index is 11.2. The van der Waals surface area contributed by atoms with Gasteiger partial charge in [0.05, 0.1) is 6.07 Å². The lowest BCUT2D eigenvalue weighted by Crippen LogP contribution is -2.48. The zero-order valence-corrected chi connectivity index (χ0v) is 11.8. The molecule has 0 bridgehead atoms. The summed E-state index contributed by atoms with van der Waals surface area (Å²) in [5.74, 6) is 1.56. The van der Waals surface area contributed by atoms with E-state index in [1.165, 1.54) is 0 Å². The van der Waals surface area contributed by atoms with Gasteiger partial charge < -0.3 is 4.90 Å². The van der Waals surface area contributed by atoms with Crippen LogP contribution in [0.5, 0.6) is 0 Å². The molecule has 0 radical (unpaired) electrons. The third-order valence-corrected chi connectivity index (χ3v) is 4.33. The lowest BCUT2D eigenvalue weighted by atomic mass is 9.98. The minimum Gasteiger partial charge on any atom is -0.301 e. The van der Waals surface area contributed by atoms with Crippen LogP contribution in [0.2, 0.25) is 0 Å². The Morgan fingerprint density at radius 3 is 2.53 bits per heavy atom. The van der Waals surface area contributed by atoms with Crippen LogP contribution in [0.1, 0.15) is 27.2 Å². The highest BCUT2D eigenvalue weighted by atomic mass is 32.2. The highest BCUT2D eigenvalue weighted by Crippen LogP contribution is 2.12. The quantitative estimate of drug-likeness (QED) is 0.788. The first-order valence-electron chi connectivity index (χ1n) is 6.21. The van der Waals surface area contributed by atoms with Crippen LogP contribution in [-0.2, 0) is 10.8 Å². The molecule has 0 amide bonds. The van der Waals surface area contributed by atoms with Gasteiger partial charge in [0.15, 0.2) is 0 Å². The summed E-state index contributed by atoms with van der Waals surface area (Å²) in [5, 5.41) is 12.5. The Labute approximate surface area is 107 Å². The van der Waals surface area contributed by atoms with E-state index in [4.69, 9.17) is 0 Å². The van der Waals surface area contributed by atoms with Crippen molar-refractivity contribution in [2.75, 3.05) is 31.1 Å². The molecule has 98 valence electrons. The highest BCUT2D eigenvalue weighted by molar-refractivity contribution is 7.85. The summed E-state index contributed by atoms with van der Waals surface area (Å²) in [7, 11) is -0.619. The molecular formula is C12H23N3OS. The van der Waals surface area contributed by atoms with Gasteiger partial charge in [0.2, 0.25) is 0 Å². The molecule has 1 unspecified atom stereocenters. The van der Waals surface area contributed by atoms with Gasteiger partial charge in [0.25, 0.3) is 0 Å². The molecule has 1 fully saturated rings. The van der Waals surface area contributed by atoms with Crippen LogP contribution >= 0.6 is 0 Å². The Balaban J connectivity index is 2.37. The molecule has 1 heterocycles. The lowest BCUT2D eigenvalue weighted by molar-refractivity contribution is 0.258. The smallest absolute Gasteiger partial charge is 0.105 e. The Morgan fingerprint density at radius 1 is 1.47 bits per heavy atom. The second-order valence-corrected chi connectivity index (χ2v) is 6.88. The van der Waals surface area contributed by atoms with Crippen molar-refractivity contribution in [3.05, 3.63) is 0 Å². The van der Waals surface area contributed by atoms with Gasteiger partial charge in [0.1, 0.15) is 5.54 Å². The summed E-state index contributed by atoms with van der Waals surface area (Å²) in [6.07, 6.45) is 0.814. The van der Waals surface area contributed by atoms with Crippen molar-refractivity contribution in [1.29, 1.82) is 5.26 Å². The number of rotatable bonds is 5.